The molecule has 0 fully saturated rings. The van der Waals surface area contributed by atoms with Gasteiger partial charge < -0.3 is 20.1 Å². The fourth-order valence-corrected chi connectivity index (χ4v) is 3.66. The summed E-state index contributed by atoms with van der Waals surface area (Å²) >= 11 is 0. The molecule has 3 aromatic rings. The summed E-state index contributed by atoms with van der Waals surface area (Å²) in [7, 11) is -1.96. The number of carbonyl (C=O) groups is 1. The van der Waals surface area contributed by atoms with E-state index in [1.807, 2.05) is 0 Å². The van der Waals surface area contributed by atoms with Crippen LogP contribution in [0.25, 0.3) is 0 Å². The molecule has 0 saturated heterocycles. The molecule has 4 rings (SSSR count). The van der Waals surface area contributed by atoms with Crippen molar-refractivity contribution in [3.8, 4) is 11.5 Å². The second-order valence-electron chi connectivity index (χ2n) is 7.66. The Labute approximate surface area is 201 Å². The predicted octanol–water partition coefficient (Wildman–Crippen LogP) is 3.01. The zero-order chi connectivity index (χ0) is 26.3. The number of anilines is 3. The van der Waals surface area contributed by atoms with Gasteiger partial charge in [0.25, 0.3) is 5.91 Å². The lowest BCUT2D eigenvalue weighted by molar-refractivity contribution is -0.391. The highest BCUT2D eigenvalue weighted by molar-refractivity contribution is 7.92. The van der Waals surface area contributed by atoms with Gasteiger partial charge in [-0.2, -0.15) is 22.7 Å². The molecule has 0 aliphatic carbocycles. The van der Waals surface area contributed by atoms with Gasteiger partial charge in [0, 0.05) is 31.5 Å². The number of alkyl halides is 4. The lowest BCUT2D eigenvalue weighted by atomic mass is 10.2. The van der Waals surface area contributed by atoms with Crippen LogP contribution in [0.1, 0.15) is 15.9 Å². The Morgan fingerprint density at radius 1 is 1.08 bits per heavy atom. The van der Waals surface area contributed by atoms with Crippen LogP contribution in [0.4, 0.5) is 34.9 Å². The lowest BCUT2D eigenvalue weighted by Gasteiger charge is -2.31. The Hall–Kier alpha value is -4.08. The number of ether oxygens (including phenoxy) is 2. The highest BCUT2D eigenvalue weighted by atomic mass is 32.2. The van der Waals surface area contributed by atoms with Crippen molar-refractivity contribution < 1.29 is 40.2 Å². The Kier molecular flexibility index (Phi) is 6.15. The Balaban J connectivity index is 1.48. The van der Waals surface area contributed by atoms with Crippen molar-refractivity contribution in [2.75, 3.05) is 21.6 Å². The van der Waals surface area contributed by atoms with Crippen molar-refractivity contribution >= 4 is 33.3 Å². The molecule has 1 aliphatic rings. The Morgan fingerprint density at radius 2 is 1.78 bits per heavy atom. The number of pyridine rings is 1. The summed E-state index contributed by atoms with van der Waals surface area (Å²) < 4.78 is 88.1. The molecule has 0 atom stereocenters. The third kappa shape index (κ3) is 5.27. The van der Waals surface area contributed by atoms with Crippen LogP contribution in [-0.2, 0) is 23.6 Å². The van der Waals surface area contributed by atoms with E-state index >= 15 is 0 Å². The number of amides is 1. The third-order valence-corrected chi connectivity index (χ3v) is 5.35. The van der Waals surface area contributed by atoms with Crippen LogP contribution in [0.15, 0.2) is 42.7 Å². The van der Waals surface area contributed by atoms with E-state index in [1.54, 1.807) is 13.1 Å². The molecule has 1 aliphatic heterocycles. The molecule has 1 amide bonds. The maximum atomic E-state index is 13.5. The molecule has 0 unspecified atom stereocenters. The van der Waals surface area contributed by atoms with Crippen molar-refractivity contribution in [2.45, 2.75) is 18.8 Å². The van der Waals surface area contributed by atoms with E-state index in [0.717, 1.165) is 18.4 Å². The molecule has 0 saturated carbocycles. The summed E-state index contributed by atoms with van der Waals surface area (Å²) in [5.74, 6) is -1.58. The first-order valence-corrected chi connectivity index (χ1v) is 11.9. The van der Waals surface area contributed by atoms with Crippen LogP contribution in [-0.4, -0.2) is 47.6 Å². The molecule has 192 valence electrons. The summed E-state index contributed by atoms with van der Waals surface area (Å²) in [5, 5.41) is 9.49. The van der Waals surface area contributed by atoms with Gasteiger partial charge in [-0.1, -0.05) is 0 Å². The van der Waals surface area contributed by atoms with Gasteiger partial charge in [0.15, 0.2) is 11.5 Å². The second kappa shape index (κ2) is 8.85. The average molecular weight is 530 g/mol. The fraction of sp³-hybridized carbons (Fsp3) is 0.250. The van der Waals surface area contributed by atoms with Gasteiger partial charge in [-0.3, -0.25) is 14.2 Å². The molecule has 3 heterocycles. The minimum atomic E-state index is -4.90. The SMILES string of the molecule is Cn1ncc(C(=O)Nc2ccc3c(c2)OC(F)(F)C(F)(F)O3)c1NCc1ccnc(NS(C)(=O)=O)c1. The maximum absolute atomic E-state index is 13.5. The molecule has 1 aromatic carbocycles. The van der Waals surface area contributed by atoms with Gasteiger partial charge in [0.05, 0.1) is 12.5 Å². The second-order valence-corrected chi connectivity index (χ2v) is 9.41. The summed E-state index contributed by atoms with van der Waals surface area (Å²) in [6.07, 6.45) is -6.09. The smallest absolute Gasteiger partial charge is 0.421 e. The first kappa shape index (κ1) is 25.0. The lowest BCUT2D eigenvalue weighted by Crippen LogP contribution is -2.52. The monoisotopic (exact) mass is 530 g/mol. The molecular formula is C20H18F4N6O5S. The van der Waals surface area contributed by atoms with Crippen LogP contribution in [0.2, 0.25) is 0 Å². The number of halogens is 4. The maximum Gasteiger partial charge on any atom is 0.507 e. The van der Waals surface area contributed by atoms with Crippen LogP contribution < -0.4 is 24.8 Å². The van der Waals surface area contributed by atoms with Gasteiger partial charge in [0.1, 0.15) is 17.2 Å². The van der Waals surface area contributed by atoms with E-state index in [2.05, 4.69) is 34.9 Å². The first-order valence-electron chi connectivity index (χ1n) is 10.0. The normalized spacial score (nSPS) is 15.7. The molecule has 0 spiro atoms. The van der Waals surface area contributed by atoms with E-state index in [-0.39, 0.29) is 29.4 Å². The van der Waals surface area contributed by atoms with Crippen LogP contribution in [0.3, 0.4) is 0 Å². The standard InChI is InChI=1S/C20H18F4N6O5S/c1-30-17(26-9-11-5-6-25-16(7-11)29-36(2,32)33)13(10-27-30)18(31)28-12-3-4-14-15(8-12)35-20(23,24)19(21,22)34-14/h3-8,10,26H,9H2,1-2H3,(H,25,29)(H,28,31). The summed E-state index contributed by atoms with van der Waals surface area (Å²) in [6.45, 7) is 0.161. The largest absolute Gasteiger partial charge is 0.507 e. The molecule has 11 nitrogen and oxygen atoms in total. The van der Waals surface area contributed by atoms with E-state index in [4.69, 9.17) is 0 Å². The number of carbonyl (C=O) groups excluding carboxylic acids is 1. The zero-order valence-corrected chi connectivity index (χ0v) is 19.4. The number of hydrogen-bond donors (Lipinski definition) is 3. The predicted molar refractivity (Wildman–Crippen MR) is 119 cm³/mol. The van der Waals surface area contributed by atoms with Gasteiger partial charge in [-0.15, -0.1) is 0 Å². The van der Waals surface area contributed by atoms with E-state index in [1.165, 1.54) is 29.2 Å². The summed E-state index contributed by atoms with van der Waals surface area (Å²) in [6, 6.07) is 6.19. The number of nitrogens with zero attached hydrogens (tertiary/aromatic N) is 3. The Bertz CT molecular complexity index is 1430. The number of benzene rings is 1. The number of rotatable bonds is 7. The molecular weight excluding hydrogens is 512 g/mol. The first-order chi connectivity index (χ1) is 16.7. The Morgan fingerprint density at radius 3 is 2.47 bits per heavy atom. The number of sulfonamides is 1. The molecule has 0 radical (unpaired) electrons. The van der Waals surface area contributed by atoms with Crippen molar-refractivity contribution in [2.24, 2.45) is 7.05 Å². The third-order valence-electron chi connectivity index (χ3n) is 4.77. The van der Waals surface area contributed by atoms with Crippen LogP contribution in [0.5, 0.6) is 11.5 Å². The van der Waals surface area contributed by atoms with Crippen LogP contribution >= 0.6 is 0 Å². The van der Waals surface area contributed by atoms with Gasteiger partial charge in [0.2, 0.25) is 10.0 Å². The quantitative estimate of drug-likeness (QED) is 0.397. The van der Waals surface area contributed by atoms with Crippen LogP contribution in [0, 0.1) is 0 Å². The van der Waals surface area contributed by atoms with E-state index < -0.39 is 39.6 Å². The molecule has 3 N–H and O–H groups in total. The van der Waals surface area contributed by atoms with Crippen molar-refractivity contribution in [3.63, 3.8) is 0 Å². The van der Waals surface area contributed by atoms with Crippen molar-refractivity contribution in [3.05, 3.63) is 53.9 Å². The van der Waals surface area contributed by atoms with Gasteiger partial charge in [-0.25, -0.2) is 13.4 Å². The summed E-state index contributed by atoms with van der Waals surface area (Å²) in [4.78, 5) is 16.8. The number of aryl methyl sites for hydroxylation is 1. The fourth-order valence-electron chi connectivity index (χ4n) is 3.17. The highest BCUT2D eigenvalue weighted by Crippen LogP contribution is 2.47. The topological polar surface area (TPSA) is 136 Å². The zero-order valence-electron chi connectivity index (χ0n) is 18.6. The number of aromatic nitrogens is 3. The summed E-state index contributed by atoms with van der Waals surface area (Å²) in [5.41, 5.74) is 0.685. The van der Waals surface area contributed by atoms with Crippen molar-refractivity contribution in [1.82, 2.24) is 14.8 Å². The minimum absolute atomic E-state index is 0.0243. The molecule has 0 bridgehead atoms. The van der Waals surface area contributed by atoms with E-state index in [9.17, 15) is 30.8 Å². The number of fused-ring (bicyclic) bond motifs is 1. The molecule has 2 aromatic heterocycles. The molecule has 16 heteroatoms. The average Bonchev–Trinajstić information content (AvgIpc) is 3.12. The van der Waals surface area contributed by atoms with Gasteiger partial charge >= 0.3 is 12.2 Å². The van der Waals surface area contributed by atoms with E-state index in [0.29, 0.717) is 5.56 Å². The minimum Gasteiger partial charge on any atom is -0.421 e. The highest BCUT2D eigenvalue weighted by Gasteiger charge is 2.65. The van der Waals surface area contributed by atoms with Gasteiger partial charge in [-0.05, 0) is 29.8 Å². The van der Waals surface area contributed by atoms with Crippen molar-refractivity contribution in [1.29, 1.82) is 0 Å². The number of hydrogen-bond acceptors (Lipinski definition) is 8. The number of nitrogens with one attached hydrogen (secondary N) is 3. The molecule has 36 heavy (non-hydrogen) atoms.